The Morgan fingerprint density at radius 3 is 2.20 bits per heavy atom. The Bertz CT molecular complexity index is 323. The highest BCUT2D eigenvalue weighted by molar-refractivity contribution is 5.09. The number of fused-ring (bicyclic) bond motifs is 2. The number of nitrogens with zero attached hydrogens (tertiary/aromatic N) is 2. The summed E-state index contributed by atoms with van der Waals surface area (Å²) in [6.07, 6.45) is 9.55. The first-order valence-electron chi connectivity index (χ1n) is 8.74. The normalized spacial score (nSPS) is 38.1. The lowest BCUT2D eigenvalue weighted by atomic mass is 9.80. The van der Waals surface area contributed by atoms with Crippen LogP contribution < -0.4 is 5.73 Å². The van der Waals surface area contributed by atoms with Crippen molar-refractivity contribution in [3.8, 4) is 0 Å². The molecule has 116 valence electrons. The molecule has 2 bridgehead atoms. The summed E-state index contributed by atoms with van der Waals surface area (Å²) >= 11 is 0. The maximum Gasteiger partial charge on any atom is 0.0364 e. The average molecular weight is 279 g/mol. The van der Waals surface area contributed by atoms with Gasteiger partial charge in [-0.1, -0.05) is 13.8 Å². The molecule has 0 aromatic carbocycles. The molecule has 2 aliphatic heterocycles. The Hall–Kier alpha value is -0.120. The first-order valence-corrected chi connectivity index (χ1v) is 8.74. The van der Waals surface area contributed by atoms with E-state index in [9.17, 15) is 0 Å². The third-order valence-electron chi connectivity index (χ3n) is 6.14. The van der Waals surface area contributed by atoms with Crippen molar-refractivity contribution in [1.29, 1.82) is 0 Å². The molecule has 0 aromatic rings. The van der Waals surface area contributed by atoms with E-state index in [0.29, 0.717) is 5.54 Å². The molecule has 20 heavy (non-hydrogen) atoms. The van der Waals surface area contributed by atoms with Gasteiger partial charge in [-0.25, -0.2) is 0 Å². The fraction of sp³-hybridized carbons (Fsp3) is 1.00. The van der Waals surface area contributed by atoms with E-state index in [1.54, 1.807) is 0 Å². The van der Waals surface area contributed by atoms with Crippen molar-refractivity contribution >= 4 is 0 Å². The maximum absolute atomic E-state index is 6.35. The van der Waals surface area contributed by atoms with Crippen LogP contribution in [-0.4, -0.2) is 53.6 Å². The summed E-state index contributed by atoms with van der Waals surface area (Å²) in [6, 6.07) is 2.43. The van der Waals surface area contributed by atoms with Crippen molar-refractivity contribution in [2.45, 2.75) is 82.5 Å². The van der Waals surface area contributed by atoms with E-state index >= 15 is 0 Å². The monoisotopic (exact) mass is 279 g/mol. The molecule has 3 fully saturated rings. The summed E-state index contributed by atoms with van der Waals surface area (Å²) in [5.74, 6) is 0.800. The van der Waals surface area contributed by atoms with Crippen molar-refractivity contribution in [2.75, 3.05) is 20.1 Å². The van der Waals surface area contributed by atoms with E-state index in [1.807, 2.05) is 0 Å². The van der Waals surface area contributed by atoms with Gasteiger partial charge >= 0.3 is 0 Å². The van der Waals surface area contributed by atoms with Crippen molar-refractivity contribution in [3.05, 3.63) is 0 Å². The molecule has 3 nitrogen and oxygen atoms in total. The molecule has 1 saturated carbocycles. The van der Waals surface area contributed by atoms with Gasteiger partial charge in [0, 0.05) is 30.2 Å². The molecule has 0 amide bonds. The molecule has 0 radical (unpaired) electrons. The molecule has 2 N–H and O–H groups in total. The number of hydrogen-bond donors (Lipinski definition) is 1. The number of nitrogens with two attached hydrogens (primary N) is 1. The zero-order valence-corrected chi connectivity index (χ0v) is 13.6. The third kappa shape index (κ3) is 2.65. The van der Waals surface area contributed by atoms with Crippen LogP contribution in [0.1, 0.15) is 58.8 Å². The topological polar surface area (TPSA) is 32.5 Å². The summed E-state index contributed by atoms with van der Waals surface area (Å²) in [4.78, 5) is 5.49. The van der Waals surface area contributed by atoms with Crippen molar-refractivity contribution in [1.82, 2.24) is 9.80 Å². The Morgan fingerprint density at radius 1 is 1.15 bits per heavy atom. The van der Waals surface area contributed by atoms with Gasteiger partial charge < -0.3 is 10.6 Å². The highest BCUT2D eigenvalue weighted by Crippen LogP contribution is 2.46. The van der Waals surface area contributed by atoms with Crippen LogP contribution in [0.4, 0.5) is 0 Å². The van der Waals surface area contributed by atoms with Gasteiger partial charge in [0.25, 0.3) is 0 Å². The van der Waals surface area contributed by atoms with Gasteiger partial charge in [0.1, 0.15) is 0 Å². The van der Waals surface area contributed by atoms with Gasteiger partial charge in [-0.15, -0.1) is 0 Å². The summed E-state index contributed by atoms with van der Waals surface area (Å²) < 4.78 is 0. The summed E-state index contributed by atoms with van der Waals surface area (Å²) in [5.41, 5.74) is 6.66. The lowest BCUT2D eigenvalue weighted by Crippen LogP contribution is -2.62. The standard InChI is InChI=1S/C17H33N3/c1-13(2)8-9-20(14-4-5-14)17(12-18)10-15-6-7-16(11-17)19(15)3/h13-16H,4-12,18H2,1-3H3. The highest BCUT2D eigenvalue weighted by atomic mass is 15.3. The average Bonchev–Trinajstić information content (AvgIpc) is 3.21. The molecule has 1 aliphatic carbocycles. The first kappa shape index (κ1) is 14.8. The third-order valence-corrected chi connectivity index (χ3v) is 6.14. The van der Waals surface area contributed by atoms with E-state index < -0.39 is 0 Å². The van der Waals surface area contributed by atoms with Gasteiger partial charge in [-0.2, -0.15) is 0 Å². The molecule has 2 atom stereocenters. The lowest BCUT2D eigenvalue weighted by Gasteiger charge is -2.51. The Morgan fingerprint density at radius 2 is 1.75 bits per heavy atom. The predicted octanol–water partition coefficient (Wildman–Crippen LogP) is 2.45. The van der Waals surface area contributed by atoms with Crippen LogP contribution in [0.3, 0.4) is 0 Å². The van der Waals surface area contributed by atoms with E-state index in [4.69, 9.17) is 5.73 Å². The fourth-order valence-electron chi connectivity index (χ4n) is 4.65. The minimum Gasteiger partial charge on any atom is -0.329 e. The zero-order chi connectivity index (χ0) is 14.3. The molecule has 2 heterocycles. The molecule has 0 aromatic heterocycles. The second-order valence-electron chi connectivity index (χ2n) is 7.99. The second-order valence-corrected chi connectivity index (χ2v) is 7.99. The molecular formula is C17H33N3. The fourth-order valence-corrected chi connectivity index (χ4v) is 4.65. The largest absolute Gasteiger partial charge is 0.329 e. The Kier molecular flexibility index (Phi) is 4.13. The minimum absolute atomic E-state index is 0.314. The molecular weight excluding hydrogens is 246 g/mol. The first-order chi connectivity index (χ1) is 9.55. The molecule has 2 unspecified atom stereocenters. The number of rotatable bonds is 6. The molecule has 3 aliphatic rings. The summed E-state index contributed by atoms with van der Waals surface area (Å²) in [7, 11) is 2.33. The van der Waals surface area contributed by atoms with Crippen LogP contribution in [0.25, 0.3) is 0 Å². The Balaban J connectivity index is 1.76. The number of piperidine rings is 1. The summed E-state index contributed by atoms with van der Waals surface area (Å²) in [6.45, 7) is 6.82. The van der Waals surface area contributed by atoms with Crippen molar-refractivity contribution in [3.63, 3.8) is 0 Å². The lowest BCUT2D eigenvalue weighted by molar-refractivity contribution is -0.00672. The van der Waals surface area contributed by atoms with Crippen LogP contribution >= 0.6 is 0 Å². The van der Waals surface area contributed by atoms with Crippen LogP contribution in [0, 0.1) is 5.92 Å². The van der Waals surface area contributed by atoms with Crippen LogP contribution in [-0.2, 0) is 0 Å². The number of hydrogen-bond acceptors (Lipinski definition) is 3. The maximum atomic E-state index is 6.35. The van der Waals surface area contributed by atoms with E-state index in [0.717, 1.165) is 30.6 Å². The second kappa shape index (κ2) is 5.58. The van der Waals surface area contributed by atoms with E-state index in [-0.39, 0.29) is 0 Å². The van der Waals surface area contributed by atoms with Gasteiger partial charge in [0.15, 0.2) is 0 Å². The minimum atomic E-state index is 0.314. The Labute approximate surface area is 124 Å². The van der Waals surface area contributed by atoms with Gasteiger partial charge in [0.2, 0.25) is 0 Å². The molecule has 2 saturated heterocycles. The van der Waals surface area contributed by atoms with Gasteiger partial charge in [0.05, 0.1) is 0 Å². The summed E-state index contributed by atoms with van der Waals surface area (Å²) in [5, 5.41) is 0. The van der Waals surface area contributed by atoms with Crippen molar-refractivity contribution < 1.29 is 0 Å². The smallest absolute Gasteiger partial charge is 0.0364 e. The SMILES string of the molecule is CC(C)CCN(C1CC1)C1(CN)CC2CCC(C1)N2C. The zero-order valence-electron chi connectivity index (χ0n) is 13.6. The van der Waals surface area contributed by atoms with Crippen molar-refractivity contribution in [2.24, 2.45) is 11.7 Å². The van der Waals surface area contributed by atoms with Gasteiger partial charge in [-0.3, -0.25) is 4.90 Å². The molecule has 3 rings (SSSR count). The van der Waals surface area contributed by atoms with E-state index in [2.05, 4.69) is 30.7 Å². The van der Waals surface area contributed by atoms with Crippen LogP contribution in [0.15, 0.2) is 0 Å². The van der Waals surface area contributed by atoms with Crippen LogP contribution in [0.5, 0.6) is 0 Å². The molecule has 3 heteroatoms. The van der Waals surface area contributed by atoms with Crippen LogP contribution in [0.2, 0.25) is 0 Å². The highest BCUT2D eigenvalue weighted by Gasteiger charge is 2.51. The van der Waals surface area contributed by atoms with E-state index in [1.165, 1.54) is 51.5 Å². The van der Waals surface area contributed by atoms with Gasteiger partial charge in [-0.05, 0) is 64.5 Å². The quantitative estimate of drug-likeness (QED) is 0.810. The molecule has 0 spiro atoms. The predicted molar refractivity (Wildman–Crippen MR) is 84.8 cm³/mol.